The van der Waals surface area contributed by atoms with Crippen molar-refractivity contribution in [3.8, 4) is 6.07 Å². The number of hydrogen-bond donors (Lipinski definition) is 0. The lowest BCUT2D eigenvalue weighted by Gasteiger charge is -2.49. The van der Waals surface area contributed by atoms with E-state index in [4.69, 9.17) is 4.98 Å². The third kappa shape index (κ3) is 4.86. The molecule has 0 unspecified atom stereocenters. The zero-order chi connectivity index (χ0) is 29.6. The molecule has 0 saturated carbocycles. The van der Waals surface area contributed by atoms with Crippen molar-refractivity contribution in [2.75, 3.05) is 18.0 Å². The summed E-state index contributed by atoms with van der Waals surface area (Å²) in [4.78, 5) is 22.3. The van der Waals surface area contributed by atoms with Crippen LogP contribution in [-0.4, -0.2) is 54.0 Å². The normalized spacial score (nSPS) is 19.2. The maximum absolute atomic E-state index is 13.9. The van der Waals surface area contributed by atoms with Crippen molar-refractivity contribution in [3.05, 3.63) is 52.2 Å². The number of rotatable bonds is 7. The second kappa shape index (κ2) is 10.9. The lowest BCUT2D eigenvalue weighted by molar-refractivity contribution is -0.136. The second-order valence-corrected chi connectivity index (χ2v) is 10.7. The molecule has 3 aromatic heterocycles. The molecule has 0 radical (unpaired) electrons. The Morgan fingerprint density at radius 1 is 1.15 bits per heavy atom. The number of nitriles is 1. The summed E-state index contributed by atoms with van der Waals surface area (Å²) in [6.07, 6.45) is -1.16. The molecule has 12 heteroatoms. The largest absolute Gasteiger partial charge is 0.418 e. The molecule has 1 aliphatic heterocycles. The van der Waals surface area contributed by atoms with E-state index in [0.717, 1.165) is 24.6 Å². The number of benzene rings is 1. The number of hydrogen-bond acceptors (Lipinski definition) is 6. The maximum atomic E-state index is 13.9. The first-order valence-electron chi connectivity index (χ1n) is 14.1. The van der Waals surface area contributed by atoms with Crippen molar-refractivity contribution < 1.29 is 13.2 Å². The van der Waals surface area contributed by atoms with Gasteiger partial charge in [-0.15, -0.1) is 0 Å². The molecular weight excluding hydrogens is 533 g/mol. The summed E-state index contributed by atoms with van der Waals surface area (Å²) in [5.74, 6) is 0.618. The third-order valence-electron chi connectivity index (χ3n) is 8.45. The van der Waals surface area contributed by atoms with Crippen LogP contribution < -0.4 is 10.5 Å². The predicted molar refractivity (Wildman–Crippen MR) is 152 cm³/mol. The van der Waals surface area contributed by atoms with Gasteiger partial charge in [-0.05, 0) is 38.8 Å². The molecule has 0 aliphatic carbocycles. The molecule has 1 fully saturated rings. The number of aryl methyl sites for hydroxylation is 2. The van der Waals surface area contributed by atoms with Crippen molar-refractivity contribution in [2.45, 2.75) is 77.9 Å². The Labute approximate surface area is 236 Å². The molecular formula is C29H35F3N8O. The molecule has 0 spiro atoms. The van der Waals surface area contributed by atoms with Gasteiger partial charge in [0.2, 0.25) is 0 Å². The van der Waals surface area contributed by atoms with Gasteiger partial charge >= 0.3 is 6.18 Å². The average Bonchev–Trinajstić information content (AvgIpc) is 3.55. The zero-order valence-corrected chi connectivity index (χ0v) is 24.0. The highest BCUT2D eigenvalue weighted by Gasteiger charge is 2.39. The van der Waals surface area contributed by atoms with E-state index in [1.165, 1.54) is 6.07 Å². The van der Waals surface area contributed by atoms with Crippen molar-refractivity contribution >= 4 is 27.8 Å². The third-order valence-corrected chi connectivity index (χ3v) is 8.45. The molecule has 0 bridgehead atoms. The number of fused-ring (bicyclic) bond motifs is 2. The first-order valence-corrected chi connectivity index (χ1v) is 14.1. The van der Waals surface area contributed by atoms with Crippen molar-refractivity contribution in [3.63, 3.8) is 0 Å². The van der Waals surface area contributed by atoms with Gasteiger partial charge < -0.3 is 14.0 Å². The summed E-state index contributed by atoms with van der Waals surface area (Å²) in [7, 11) is 1.70. The fraction of sp³-hybridized carbons (Fsp3) is 0.517. The van der Waals surface area contributed by atoms with Crippen LogP contribution in [0.4, 0.5) is 18.9 Å². The smallest absolute Gasteiger partial charge is 0.364 e. The summed E-state index contributed by atoms with van der Waals surface area (Å²) in [6.45, 7) is 9.77. The molecule has 1 aromatic carbocycles. The number of imidazole rings is 1. The van der Waals surface area contributed by atoms with Gasteiger partial charge in [0.1, 0.15) is 17.9 Å². The number of aromatic nitrogens is 5. The van der Waals surface area contributed by atoms with Gasteiger partial charge in [-0.1, -0.05) is 19.9 Å². The molecule has 5 rings (SSSR count). The minimum absolute atomic E-state index is 0.0295. The van der Waals surface area contributed by atoms with E-state index >= 15 is 0 Å². The fourth-order valence-corrected chi connectivity index (χ4v) is 6.29. The number of halogens is 3. The Hall–Kier alpha value is -3.85. The maximum Gasteiger partial charge on any atom is 0.418 e. The zero-order valence-electron chi connectivity index (χ0n) is 24.0. The quantitative estimate of drug-likeness (QED) is 0.309. The highest BCUT2D eigenvalue weighted by atomic mass is 19.4. The standard InChI is InChI=1S/C29H35F3N8O/c1-6-19-16-40(23-14-25(41)36(5)24-17-37(13-12-33)35-26(23)24)20(7-2)15-39(19)18(4)28-34-22-11-9-10-21(29(30,31)32)27(22)38(28)8-3/h9-11,14,17-20H,6-8,13,15-16H2,1-5H3/t18-,19-,20+/m1/s1. The Kier molecular flexibility index (Phi) is 7.59. The van der Waals surface area contributed by atoms with Gasteiger partial charge in [-0.2, -0.15) is 23.5 Å². The van der Waals surface area contributed by atoms with Crippen LogP contribution in [0, 0.1) is 11.3 Å². The topological polar surface area (TPSA) is 87.9 Å². The molecule has 4 heterocycles. The van der Waals surface area contributed by atoms with Gasteiger partial charge in [-0.3, -0.25) is 14.4 Å². The van der Waals surface area contributed by atoms with E-state index in [-0.39, 0.29) is 35.7 Å². The lowest BCUT2D eigenvalue weighted by Crippen LogP contribution is -2.59. The number of alkyl halides is 3. The van der Waals surface area contributed by atoms with E-state index < -0.39 is 11.7 Å². The van der Waals surface area contributed by atoms with E-state index in [9.17, 15) is 23.2 Å². The predicted octanol–water partition coefficient (Wildman–Crippen LogP) is 5.09. The van der Waals surface area contributed by atoms with Crippen LogP contribution >= 0.6 is 0 Å². The van der Waals surface area contributed by atoms with Crippen LogP contribution in [0.1, 0.15) is 58.0 Å². The van der Waals surface area contributed by atoms with Crippen molar-refractivity contribution in [1.29, 1.82) is 5.26 Å². The number of para-hydroxylation sites is 1. The minimum Gasteiger partial charge on any atom is -0.364 e. The Balaban J connectivity index is 1.55. The minimum atomic E-state index is -4.48. The van der Waals surface area contributed by atoms with Crippen LogP contribution in [0.5, 0.6) is 0 Å². The molecule has 0 amide bonds. The molecule has 41 heavy (non-hydrogen) atoms. The summed E-state index contributed by atoms with van der Waals surface area (Å²) in [5.41, 5.74) is 1.73. The fourth-order valence-electron chi connectivity index (χ4n) is 6.29. The molecule has 9 nitrogen and oxygen atoms in total. The Bertz CT molecular complexity index is 1680. The monoisotopic (exact) mass is 568 g/mol. The van der Waals surface area contributed by atoms with Gasteiger partial charge in [0.25, 0.3) is 5.56 Å². The average molecular weight is 569 g/mol. The number of piperazine rings is 1. The molecule has 3 atom stereocenters. The number of pyridine rings is 1. The van der Waals surface area contributed by atoms with Crippen LogP contribution in [0.3, 0.4) is 0 Å². The summed E-state index contributed by atoms with van der Waals surface area (Å²) in [5, 5.41) is 13.8. The van der Waals surface area contributed by atoms with E-state index in [0.29, 0.717) is 42.0 Å². The molecule has 1 saturated heterocycles. The Morgan fingerprint density at radius 2 is 1.88 bits per heavy atom. The van der Waals surface area contributed by atoms with E-state index in [2.05, 4.69) is 34.8 Å². The highest BCUT2D eigenvalue weighted by molar-refractivity contribution is 5.88. The van der Waals surface area contributed by atoms with Crippen LogP contribution in [0.15, 0.2) is 35.3 Å². The van der Waals surface area contributed by atoms with E-state index in [1.807, 2.05) is 13.8 Å². The molecule has 218 valence electrons. The van der Waals surface area contributed by atoms with Gasteiger partial charge in [0.15, 0.2) is 0 Å². The first-order chi connectivity index (χ1) is 19.5. The van der Waals surface area contributed by atoms with Crippen LogP contribution in [0.2, 0.25) is 0 Å². The Morgan fingerprint density at radius 3 is 2.51 bits per heavy atom. The molecule has 0 N–H and O–H groups in total. The summed E-state index contributed by atoms with van der Waals surface area (Å²) < 4.78 is 46.6. The van der Waals surface area contributed by atoms with Gasteiger partial charge in [0, 0.05) is 44.8 Å². The summed E-state index contributed by atoms with van der Waals surface area (Å²) in [6, 6.07) is 7.75. The van der Waals surface area contributed by atoms with Crippen molar-refractivity contribution in [2.24, 2.45) is 7.05 Å². The molecule has 1 aliphatic rings. The van der Waals surface area contributed by atoms with Crippen molar-refractivity contribution in [1.82, 2.24) is 28.8 Å². The SMILES string of the molecule is CC[C@H]1CN([C@H](C)c2nc3cccc(C(F)(F)F)c3n2CC)[C@H](CC)CN1c1cc(=O)n(C)c2cn(CC#N)nc12. The van der Waals surface area contributed by atoms with Crippen LogP contribution in [0.25, 0.3) is 22.1 Å². The van der Waals surface area contributed by atoms with E-state index in [1.54, 1.807) is 39.2 Å². The van der Waals surface area contributed by atoms with Crippen LogP contribution in [-0.2, 0) is 26.3 Å². The number of nitrogens with zero attached hydrogens (tertiary/aromatic N) is 8. The lowest BCUT2D eigenvalue weighted by atomic mass is 9.99. The van der Waals surface area contributed by atoms with Gasteiger partial charge in [0.05, 0.1) is 46.1 Å². The summed E-state index contributed by atoms with van der Waals surface area (Å²) >= 11 is 0. The first kappa shape index (κ1) is 28.7. The second-order valence-electron chi connectivity index (χ2n) is 10.7. The highest BCUT2D eigenvalue weighted by Crippen LogP contribution is 2.38. The van der Waals surface area contributed by atoms with Gasteiger partial charge in [-0.25, -0.2) is 4.98 Å². The molecule has 4 aromatic rings. The number of anilines is 1.